The van der Waals surface area contributed by atoms with Crippen LogP contribution in [0.15, 0.2) is 29.8 Å². The van der Waals surface area contributed by atoms with Crippen molar-refractivity contribution in [3.05, 3.63) is 41.0 Å². The van der Waals surface area contributed by atoms with Crippen molar-refractivity contribution in [3.8, 4) is 10.4 Å². The van der Waals surface area contributed by atoms with Gasteiger partial charge in [0, 0.05) is 19.5 Å². The van der Waals surface area contributed by atoms with E-state index in [4.69, 9.17) is 14.2 Å². The molecule has 0 radical (unpaired) electrons. The first-order chi connectivity index (χ1) is 21.4. The number of carbonyl (C=O) groups is 4. The summed E-state index contributed by atoms with van der Waals surface area (Å²) in [6.45, 7) is 7.96. The lowest BCUT2D eigenvalue weighted by Gasteiger charge is -2.35. The van der Waals surface area contributed by atoms with E-state index >= 15 is 0 Å². The van der Waals surface area contributed by atoms with E-state index in [0.29, 0.717) is 0 Å². The highest BCUT2D eigenvalue weighted by Gasteiger charge is 2.44. The zero-order valence-corrected chi connectivity index (χ0v) is 27.3. The average Bonchev–Trinajstić information content (AvgIpc) is 3.62. The molecule has 2 aromatic rings. The predicted molar refractivity (Wildman–Crippen MR) is 166 cm³/mol. The van der Waals surface area contributed by atoms with Crippen molar-refractivity contribution in [2.24, 2.45) is 5.41 Å². The Hall–Kier alpha value is -3.43. The van der Waals surface area contributed by atoms with Gasteiger partial charge in [-0.15, -0.1) is 11.3 Å². The van der Waals surface area contributed by atoms with Crippen molar-refractivity contribution in [2.45, 2.75) is 58.8 Å². The number of thiazole rings is 1. The van der Waals surface area contributed by atoms with Crippen LogP contribution in [0, 0.1) is 12.3 Å². The summed E-state index contributed by atoms with van der Waals surface area (Å²) in [5.74, 6) is -1.80. The normalized spacial score (nSPS) is 17.2. The van der Waals surface area contributed by atoms with Crippen molar-refractivity contribution >= 4 is 35.0 Å². The van der Waals surface area contributed by atoms with E-state index < -0.39 is 41.4 Å². The topological polar surface area (TPSA) is 166 Å². The highest BCUT2D eigenvalue weighted by Crippen LogP contribution is 2.28. The molecule has 1 aliphatic heterocycles. The first-order valence-corrected chi connectivity index (χ1v) is 15.6. The van der Waals surface area contributed by atoms with Gasteiger partial charge >= 0.3 is 5.97 Å². The van der Waals surface area contributed by atoms with Crippen LogP contribution >= 0.6 is 11.3 Å². The van der Waals surface area contributed by atoms with Gasteiger partial charge in [0.15, 0.2) is 0 Å². The molecule has 14 heteroatoms. The molecule has 0 spiro atoms. The third-order valence-corrected chi connectivity index (χ3v) is 8.11. The van der Waals surface area contributed by atoms with Gasteiger partial charge in [-0.2, -0.15) is 0 Å². The summed E-state index contributed by atoms with van der Waals surface area (Å²) in [7, 11) is 1.27. The van der Waals surface area contributed by atoms with Crippen LogP contribution in [-0.4, -0.2) is 110 Å². The number of aryl methyl sites for hydroxylation is 1. The Kier molecular flexibility index (Phi) is 13.9. The molecule has 2 heterocycles. The second-order valence-corrected chi connectivity index (χ2v) is 12.6. The van der Waals surface area contributed by atoms with Gasteiger partial charge in [0.1, 0.15) is 25.3 Å². The molecule has 0 aliphatic carbocycles. The second-order valence-electron chi connectivity index (χ2n) is 11.7. The van der Waals surface area contributed by atoms with E-state index in [2.05, 4.69) is 20.4 Å². The van der Waals surface area contributed by atoms with Crippen LogP contribution in [0.4, 0.5) is 0 Å². The van der Waals surface area contributed by atoms with Gasteiger partial charge in [0.25, 0.3) is 0 Å². The van der Waals surface area contributed by atoms with Crippen LogP contribution in [0.2, 0.25) is 0 Å². The van der Waals surface area contributed by atoms with Gasteiger partial charge < -0.3 is 39.6 Å². The number of esters is 1. The Labute approximate surface area is 267 Å². The van der Waals surface area contributed by atoms with Crippen molar-refractivity contribution < 1.29 is 43.2 Å². The summed E-state index contributed by atoms with van der Waals surface area (Å²) in [5.41, 5.74) is 4.02. The molecule has 1 fully saturated rings. The molecule has 3 rings (SSSR count). The number of aliphatic hydroxyl groups is 1. The summed E-state index contributed by atoms with van der Waals surface area (Å²) in [5, 5.41) is 16.0. The van der Waals surface area contributed by atoms with Crippen LogP contribution in [0.5, 0.6) is 0 Å². The van der Waals surface area contributed by atoms with E-state index in [9.17, 15) is 24.3 Å². The van der Waals surface area contributed by atoms with Crippen LogP contribution in [-0.2, 0) is 44.7 Å². The number of nitrogens with zero attached hydrogens (tertiary/aromatic N) is 2. The number of carbonyl (C=O) groups excluding carboxylic acids is 4. The number of amides is 3. The first-order valence-electron chi connectivity index (χ1n) is 14.8. The number of aromatic nitrogens is 1. The fourth-order valence-corrected chi connectivity index (χ4v) is 5.51. The molecule has 1 aliphatic rings. The van der Waals surface area contributed by atoms with Crippen molar-refractivity contribution in [3.63, 3.8) is 0 Å². The predicted octanol–water partition coefficient (Wildman–Crippen LogP) is 1.45. The Morgan fingerprint density at radius 3 is 2.29 bits per heavy atom. The summed E-state index contributed by atoms with van der Waals surface area (Å²) >= 11 is 1.57. The molecule has 0 unspecified atom stereocenters. The molecular weight excluding hydrogens is 604 g/mol. The van der Waals surface area contributed by atoms with Gasteiger partial charge in [-0.1, -0.05) is 45.0 Å². The number of benzene rings is 1. The molecule has 45 heavy (non-hydrogen) atoms. The third-order valence-electron chi connectivity index (χ3n) is 7.14. The van der Waals surface area contributed by atoms with E-state index in [0.717, 1.165) is 21.7 Å². The maximum absolute atomic E-state index is 13.7. The van der Waals surface area contributed by atoms with Crippen LogP contribution < -0.4 is 10.6 Å². The van der Waals surface area contributed by atoms with Crippen LogP contribution in [0.25, 0.3) is 10.4 Å². The summed E-state index contributed by atoms with van der Waals surface area (Å²) < 4.78 is 20.2. The standard InChI is InChI=1S/C31H44N4O9S/c1-20-27(45-19-33-20)22-8-6-21(7-9-22)15-32-29(39)24-14-23(36)16-35(24)30(40)28(31(2,3)4)34-25(37)17-43-12-10-42-11-13-44-18-26(38)41-5/h6-9,19,23-24,28,36H,10-18H2,1-5H3,(H,32,39)(H,34,37)/t23-,24+,28-/m1/s1. The number of aliphatic hydroxyl groups excluding tert-OH is 1. The molecule has 1 aromatic heterocycles. The van der Waals surface area contributed by atoms with Crippen molar-refractivity contribution in [1.29, 1.82) is 0 Å². The monoisotopic (exact) mass is 648 g/mol. The molecule has 3 amide bonds. The highest BCUT2D eigenvalue weighted by molar-refractivity contribution is 7.13. The molecule has 0 saturated carbocycles. The Morgan fingerprint density at radius 2 is 1.69 bits per heavy atom. The number of rotatable bonds is 16. The molecule has 3 N–H and O–H groups in total. The highest BCUT2D eigenvalue weighted by atomic mass is 32.1. The number of methoxy groups -OCH3 is 1. The largest absolute Gasteiger partial charge is 0.467 e. The minimum Gasteiger partial charge on any atom is -0.467 e. The number of hydrogen-bond donors (Lipinski definition) is 3. The van der Waals surface area contributed by atoms with Crippen molar-refractivity contribution in [1.82, 2.24) is 20.5 Å². The lowest BCUT2D eigenvalue weighted by molar-refractivity contribution is -0.146. The lowest BCUT2D eigenvalue weighted by Crippen LogP contribution is -2.58. The van der Waals surface area contributed by atoms with E-state index in [1.54, 1.807) is 16.8 Å². The fourth-order valence-electron chi connectivity index (χ4n) is 4.70. The molecule has 1 saturated heterocycles. The van der Waals surface area contributed by atoms with Crippen LogP contribution in [0.1, 0.15) is 38.4 Å². The van der Waals surface area contributed by atoms with Gasteiger partial charge in [0.05, 0.1) is 55.7 Å². The molecule has 13 nitrogen and oxygen atoms in total. The van der Waals surface area contributed by atoms with Gasteiger partial charge in [-0.3, -0.25) is 14.4 Å². The second kappa shape index (κ2) is 17.3. The Bertz CT molecular complexity index is 1280. The van der Waals surface area contributed by atoms with Crippen LogP contribution in [0.3, 0.4) is 0 Å². The number of hydrogen-bond acceptors (Lipinski definition) is 11. The molecule has 3 atom stereocenters. The number of nitrogens with one attached hydrogen (secondary N) is 2. The number of β-amino-alcohol motifs (C(OH)–C–C–N with tert-alkyl or cyclic N) is 1. The zero-order valence-electron chi connectivity index (χ0n) is 26.5. The molecular formula is C31H44N4O9S. The molecule has 1 aromatic carbocycles. The van der Waals surface area contributed by atoms with Gasteiger partial charge in [-0.25, -0.2) is 9.78 Å². The van der Waals surface area contributed by atoms with Crippen molar-refractivity contribution in [2.75, 3.05) is 53.3 Å². The number of ether oxygens (including phenoxy) is 4. The maximum atomic E-state index is 13.7. The van der Waals surface area contributed by atoms with Gasteiger partial charge in [0.2, 0.25) is 17.7 Å². The van der Waals surface area contributed by atoms with E-state index in [1.807, 2.05) is 52.0 Å². The van der Waals surface area contributed by atoms with E-state index in [-0.39, 0.29) is 65.1 Å². The minimum absolute atomic E-state index is 0.0144. The fraction of sp³-hybridized carbons (Fsp3) is 0.581. The lowest BCUT2D eigenvalue weighted by atomic mass is 9.85. The average molecular weight is 649 g/mol. The number of likely N-dealkylation sites (tertiary alicyclic amines) is 1. The summed E-state index contributed by atoms with van der Waals surface area (Å²) in [6, 6.07) is 5.99. The Morgan fingerprint density at radius 1 is 1.04 bits per heavy atom. The van der Waals surface area contributed by atoms with E-state index in [1.165, 1.54) is 12.0 Å². The van der Waals surface area contributed by atoms with Gasteiger partial charge in [-0.05, 0) is 23.5 Å². The molecule has 248 valence electrons. The zero-order chi connectivity index (χ0) is 33.0. The molecule has 0 bridgehead atoms. The first kappa shape index (κ1) is 36.0. The summed E-state index contributed by atoms with van der Waals surface area (Å²) in [4.78, 5) is 57.4. The summed E-state index contributed by atoms with van der Waals surface area (Å²) in [6.07, 6.45) is -0.764. The maximum Gasteiger partial charge on any atom is 0.331 e. The smallest absolute Gasteiger partial charge is 0.331 e. The Balaban J connectivity index is 1.48. The quantitative estimate of drug-likeness (QED) is 0.179. The third kappa shape index (κ3) is 11.2. The SMILES string of the molecule is COC(=O)COCCOCCOCC(=O)N[C@H](C(=O)N1C[C@H](O)C[C@H]1C(=O)NCc1ccc(-c2scnc2C)cc1)C(C)(C)C. The minimum atomic E-state index is -0.958.